The van der Waals surface area contributed by atoms with E-state index in [1.165, 1.54) is 24.4 Å². The van der Waals surface area contributed by atoms with Gasteiger partial charge < -0.3 is 15.5 Å². The zero-order valence-corrected chi connectivity index (χ0v) is 9.80. The Morgan fingerprint density at radius 2 is 2.11 bits per heavy atom. The Hall–Kier alpha value is -2.63. The Bertz CT molecular complexity index is 617. The lowest BCUT2D eigenvalue weighted by molar-refractivity contribution is -0.134. The molecule has 1 aromatic heterocycles. The molecule has 0 unspecified atom stereocenters. The second-order valence-electron chi connectivity index (χ2n) is 3.85. The lowest BCUT2D eigenvalue weighted by Gasteiger charge is -2.07. The van der Waals surface area contributed by atoms with Gasteiger partial charge in [0, 0.05) is 11.8 Å². The van der Waals surface area contributed by atoms with Crippen molar-refractivity contribution in [1.29, 1.82) is 0 Å². The number of rotatable bonds is 4. The zero-order chi connectivity index (χ0) is 13.8. The smallest absolute Gasteiger partial charge is 0.322 e. The van der Waals surface area contributed by atoms with Gasteiger partial charge in [0.15, 0.2) is 11.6 Å². The molecule has 0 spiro atoms. The summed E-state index contributed by atoms with van der Waals surface area (Å²) in [7, 11) is 0. The van der Waals surface area contributed by atoms with Crippen molar-refractivity contribution < 1.29 is 19.4 Å². The minimum Gasteiger partial charge on any atom is -0.504 e. The molecule has 5 nitrogen and oxygen atoms in total. The SMILES string of the molecule is O=C(O)CNc1ncc(-c2cccc(F)c2)cc1O. The molecule has 0 aliphatic carbocycles. The van der Waals surface area contributed by atoms with Crippen molar-refractivity contribution in [2.75, 3.05) is 11.9 Å². The van der Waals surface area contributed by atoms with E-state index < -0.39 is 5.97 Å². The quantitative estimate of drug-likeness (QED) is 0.786. The van der Waals surface area contributed by atoms with Crippen LogP contribution in [-0.2, 0) is 4.79 Å². The van der Waals surface area contributed by atoms with E-state index in [1.807, 2.05) is 0 Å². The predicted molar refractivity (Wildman–Crippen MR) is 67.4 cm³/mol. The fourth-order valence-corrected chi connectivity index (χ4v) is 1.57. The van der Waals surface area contributed by atoms with Crippen molar-refractivity contribution in [2.45, 2.75) is 0 Å². The largest absolute Gasteiger partial charge is 0.504 e. The third-order valence-electron chi connectivity index (χ3n) is 2.43. The fourth-order valence-electron chi connectivity index (χ4n) is 1.57. The van der Waals surface area contributed by atoms with Gasteiger partial charge >= 0.3 is 5.97 Å². The number of hydrogen-bond acceptors (Lipinski definition) is 4. The third kappa shape index (κ3) is 3.19. The molecule has 6 heteroatoms. The topological polar surface area (TPSA) is 82.5 Å². The number of hydrogen-bond donors (Lipinski definition) is 3. The van der Waals surface area contributed by atoms with Gasteiger partial charge in [-0.25, -0.2) is 9.37 Å². The van der Waals surface area contributed by atoms with Gasteiger partial charge in [-0.3, -0.25) is 4.79 Å². The minimum atomic E-state index is -1.06. The van der Waals surface area contributed by atoms with Crippen molar-refractivity contribution in [3.8, 4) is 16.9 Å². The standard InChI is InChI=1S/C13H11FN2O3/c14-10-3-1-2-8(4-10)9-5-11(17)13(15-6-9)16-7-12(18)19/h1-6,17H,7H2,(H,15,16)(H,18,19). The Kier molecular flexibility index (Phi) is 3.61. The molecule has 0 radical (unpaired) electrons. The molecule has 1 aromatic carbocycles. The number of halogens is 1. The number of aromatic hydroxyl groups is 1. The molecule has 0 bridgehead atoms. The average Bonchev–Trinajstić information content (AvgIpc) is 2.37. The highest BCUT2D eigenvalue weighted by molar-refractivity contribution is 5.74. The van der Waals surface area contributed by atoms with E-state index in [2.05, 4.69) is 10.3 Å². The maximum absolute atomic E-state index is 13.1. The van der Waals surface area contributed by atoms with Gasteiger partial charge in [0.05, 0.1) is 0 Å². The summed E-state index contributed by atoms with van der Waals surface area (Å²) in [6.45, 7) is -0.347. The van der Waals surface area contributed by atoms with E-state index in [4.69, 9.17) is 5.11 Å². The molecule has 3 N–H and O–H groups in total. The van der Waals surface area contributed by atoms with Crippen molar-refractivity contribution in [1.82, 2.24) is 4.98 Å². The minimum absolute atomic E-state index is 0.0718. The van der Waals surface area contributed by atoms with Crippen LogP contribution in [0.25, 0.3) is 11.1 Å². The van der Waals surface area contributed by atoms with Crippen LogP contribution in [0, 0.1) is 5.82 Å². The molecule has 0 atom stereocenters. The molecule has 2 aromatic rings. The number of nitrogens with one attached hydrogen (secondary N) is 1. The molecule has 1 heterocycles. The summed E-state index contributed by atoms with van der Waals surface area (Å²) in [6.07, 6.45) is 1.43. The summed E-state index contributed by atoms with van der Waals surface area (Å²) < 4.78 is 13.1. The molecule has 0 amide bonds. The maximum atomic E-state index is 13.1. The molecule has 0 saturated heterocycles. The first kappa shape index (κ1) is 12.8. The van der Waals surface area contributed by atoms with Gasteiger partial charge in [0.25, 0.3) is 0 Å². The second-order valence-corrected chi connectivity index (χ2v) is 3.85. The van der Waals surface area contributed by atoms with Crippen LogP contribution in [0.4, 0.5) is 10.2 Å². The Labute approximate surface area is 108 Å². The average molecular weight is 262 g/mol. The van der Waals surface area contributed by atoms with Crippen LogP contribution < -0.4 is 5.32 Å². The summed E-state index contributed by atoms with van der Waals surface area (Å²) in [5.74, 6) is -1.56. The fraction of sp³-hybridized carbons (Fsp3) is 0.0769. The number of carboxylic acids is 1. The van der Waals surface area contributed by atoms with Crippen LogP contribution in [0.5, 0.6) is 5.75 Å². The first-order chi connectivity index (χ1) is 9.06. The number of aliphatic carboxylic acids is 1. The van der Waals surface area contributed by atoms with E-state index >= 15 is 0 Å². The van der Waals surface area contributed by atoms with E-state index in [-0.39, 0.29) is 23.9 Å². The van der Waals surface area contributed by atoms with Crippen LogP contribution >= 0.6 is 0 Å². The van der Waals surface area contributed by atoms with Crippen molar-refractivity contribution >= 4 is 11.8 Å². The van der Waals surface area contributed by atoms with Crippen LogP contribution in [-0.4, -0.2) is 27.7 Å². The molecule has 98 valence electrons. The maximum Gasteiger partial charge on any atom is 0.322 e. The summed E-state index contributed by atoms with van der Waals surface area (Å²) in [5, 5.41) is 20.7. The van der Waals surface area contributed by atoms with E-state index in [0.717, 1.165) is 0 Å². The highest BCUT2D eigenvalue weighted by atomic mass is 19.1. The van der Waals surface area contributed by atoms with Crippen LogP contribution in [0.15, 0.2) is 36.5 Å². The molecule has 0 saturated carbocycles. The summed E-state index contributed by atoms with van der Waals surface area (Å²) >= 11 is 0. The second kappa shape index (κ2) is 5.34. The number of aromatic nitrogens is 1. The molecule has 0 fully saturated rings. The Morgan fingerprint density at radius 1 is 1.32 bits per heavy atom. The lowest BCUT2D eigenvalue weighted by Crippen LogP contribution is -2.13. The van der Waals surface area contributed by atoms with E-state index in [1.54, 1.807) is 12.1 Å². The predicted octanol–water partition coefficient (Wildman–Crippen LogP) is 2.09. The lowest BCUT2D eigenvalue weighted by atomic mass is 10.1. The number of nitrogens with zero attached hydrogens (tertiary/aromatic N) is 1. The molecule has 0 aliphatic rings. The van der Waals surface area contributed by atoms with Gasteiger partial charge in [-0.05, 0) is 23.8 Å². The first-order valence-electron chi connectivity index (χ1n) is 5.47. The normalized spacial score (nSPS) is 10.2. The van der Waals surface area contributed by atoms with Gasteiger partial charge in [-0.1, -0.05) is 12.1 Å². The van der Waals surface area contributed by atoms with Gasteiger partial charge in [0.2, 0.25) is 0 Å². The molecule has 19 heavy (non-hydrogen) atoms. The molecule has 0 aliphatic heterocycles. The van der Waals surface area contributed by atoms with Gasteiger partial charge in [0.1, 0.15) is 12.4 Å². The number of carboxylic acid groups (broad SMARTS) is 1. The van der Waals surface area contributed by atoms with Crippen molar-refractivity contribution in [3.05, 3.63) is 42.3 Å². The van der Waals surface area contributed by atoms with Gasteiger partial charge in [-0.2, -0.15) is 0 Å². The van der Waals surface area contributed by atoms with Crippen molar-refractivity contribution in [3.63, 3.8) is 0 Å². The van der Waals surface area contributed by atoms with E-state index in [0.29, 0.717) is 11.1 Å². The van der Waals surface area contributed by atoms with Crippen LogP contribution in [0.1, 0.15) is 0 Å². The molecule has 2 rings (SSSR count). The first-order valence-corrected chi connectivity index (χ1v) is 5.47. The monoisotopic (exact) mass is 262 g/mol. The number of anilines is 1. The highest BCUT2D eigenvalue weighted by Gasteiger charge is 2.07. The number of benzene rings is 1. The van der Waals surface area contributed by atoms with Gasteiger partial charge in [-0.15, -0.1) is 0 Å². The van der Waals surface area contributed by atoms with Crippen LogP contribution in [0.2, 0.25) is 0 Å². The molecular formula is C13H11FN2O3. The zero-order valence-electron chi connectivity index (χ0n) is 9.80. The summed E-state index contributed by atoms with van der Waals surface area (Å²) in [4.78, 5) is 14.3. The Balaban J connectivity index is 2.26. The van der Waals surface area contributed by atoms with Crippen molar-refractivity contribution in [2.24, 2.45) is 0 Å². The van der Waals surface area contributed by atoms with Crippen LogP contribution in [0.3, 0.4) is 0 Å². The molecular weight excluding hydrogens is 251 g/mol. The Morgan fingerprint density at radius 3 is 2.74 bits per heavy atom. The number of pyridine rings is 1. The van der Waals surface area contributed by atoms with E-state index in [9.17, 15) is 14.3 Å². The third-order valence-corrected chi connectivity index (χ3v) is 2.43. The summed E-state index contributed by atoms with van der Waals surface area (Å²) in [5.41, 5.74) is 1.12. The highest BCUT2D eigenvalue weighted by Crippen LogP contribution is 2.27. The summed E-state index contributed by atoms with van der Waals surface area (Å²) in [6, 6.07) is 7.27. The number of carbonyl (C=O) groups is 1.